The molecule has 17 heteroatoms. The number of pyridine rings is 1. The van der Waals surface area contributed by atoms with Gasteiger partial charge >= 0.3 is 12.8 Å². The van der Waals surface area contributed by atoms with E-state index in [9.17, 15) is 36.6 Å². The van der Waals surface area contributed by atoms with E-state index in [2.05, 4.69) is 20.4 Å². The van der Waals surface area contributed by atoms with Crippen molar-refractivity contribution in [1.82, 2.24) is 14.3 Å². The lowest BCUT2D eigenvalue weighted by Crippen LogP contribution is -2.29. The summed E-state index contributed by atoms with van der Waals surface area (Å²) in [6, 6.07) is 7.32. The molecule has 5 rings (SSSR count). The number of amides is 1. The predicted octanol–water partition coefficient (Wildman–Crippen LogP) is 5.33. The molecular weight excluding hydrogens is 631 g/mol. The number of nitrogens with one attached hydrogen (secondary N) is 2. The predicted molar refractivity (Wildman–Crippen MR) is 149 cm³/mol. The highest BCUT2D eigenvalue weighted by Gasteiger charge is 2.43. The fourth-order valence-corrected chi connectivity index (χ4v) is 4.76. The number of benzene rings is 2. The Kier molecular flexibility index (Phi) is 8.46. The van der Waals surface area contributed by atoms with Gasteiger partial charge in [0.2, 0.25) is 0 Å². The molecule has 0 aliphatic heterocycles. The van der Waals surface area contributed by atoms with Crippen LogP contribution in [0.25, 0.3) is 17.1 Å². The van der Waals surface area contributed by atoms with Gasteiger partial charge in [0.25, 0.3) is 11.5 Å². The Morgan fingerprint density at radius 3 is 2.22 bits per heavy atom. The fraction of sp³-hybridized carbons (Fsp3) is 0.276. The van der Waals surface area contributed by atoms with E-state index in [0.29, 0.717) is 28.3 Å². The van der Waals surface area contributed by atoms with Crippen molar-refractivity contribution < 1.29 is 50.1 Å². The summed E-state index contributed by atoms with van der Waals surface area (Å²) in [5.74, 6) is -5.33. The largest absolute Gasteiger partial charge is 0.497 e. The van der Waals surface area contributed by atoms with Gasteiger partial charge in [0.1, 0.15) is 45.9 Å². The summed E-state index contributed by atoms with van der Waals surface area (Å²) in [6.45, 7) is -3.50. The maximum absolute atomic E-state index is 15.4. The number of anilines is 2. The van der Waals surface area contributed by atoms with Gasteiger partial charge in [0.15, 0.2) is 5.82 Å². The van der Waals surface area contributed by atoms with E-state index < -0.39 is 69.8 Å². The molecule has 1 aliphatic rings. The number of carbonyl (C=O) groups is 1. The number of hydrogen-bond donors (Lipinski definition) is 3. The van der Waals surface area contributed by atoms with Crippen molar-refractivity contribution in [3.05, 3.63) is 81.6 Å². The summed E-state index contributed by atoms with van der Waals surface area (Å²) in [5.41, 5.74) is -6.19. The number of ether oxygens (including phenoxy) is 2. The minimum absolute atomic E-state index is 0.136. The number of halogens is 7. The van der Waals surface area contributed by atoms with E-state index in [1.165, 1.54) is 0 Å². The van der Waals surface area contributed by atoms with Gasteiger partial charge in [-0.25, -0.2) is 13.8 Å². The zero-order chi connectivity index (χ0) is 33.6. The van der Waals surface area contributed by atoms with Gasteiger partial charge in [-0.2, -0.15) is 26.6 Å². The second-order valence-corrected chi connectivity index (χ2v) is 10.3. The Balaban J connectivity index is 1.71. The lowest BCUT2D eigenvalue weighted by molar-refractivity contribution is -0.137. The van der Waals surface area contributed by atoms with Crippen LogP contribution in [0.2, 0.25) is 0 Å². The van der Waals surface area contributed by atoms with Crippen molar-refractivity contribution in [2.75, 3.05) is 24.4 Å². The number of carbonyl (C=O) groups excluding carboxylic acids is 1. The summed E-state index contributed by atoms with van der Waals surface area (Å²) < 4.78 is 109. The molecule has 46 heavy (non-hydrogen) atoms. The number of aliphatic hydroxyl groups is 1. The summed E-state index contributed by atoms with van der Waals surface area (Å²) in [5, 5.41) is 14.7. The molecule has 0 spiro atoms. The molecule has 0 unspecified atom stereocenters. The summed E-state index contributed by atoms with van der Waals surface area (Å²) in [7, 11) is 2.17. The Labute approximate surface area is 255 Å². The van der Waals surface area contributed by atoms with Crippen LogP contribution in [0, 0.1) is 11.6 Å². The molecule has 3 N–H and O–H groups in total. The van der Waals surface area contributed by atoms with E-state index in [1.807, 2.05) is 0 Å². The van der Waals surface area contributed by atoms with E-state index in [4.69, 9.17) is 4.74 Å². The number of alkyl halides is 5. The van der Waals surface area contributed by atoms with Crippen molar-refractivity contribution in [2.45, 2.75) is 31.2 Å². The van der Waals surface area contributed by atoms with Gasteiger partial charge in [0.05, 0.1) is 24.8 Å². The maximum Gasteiger partial charge on any atom is 0.420 e. The number of methoxy groups -OCH3 is 1. The molecule has 4 aromatic rings. The van der Waals surface area contributed by atoms with Gasteiger partial charge in [-0.05, 0) is 49.2 Å². The lowest BCUT2D eigenvalue weighted by atomic mass is 10.1. The molecule has 0 radical (unpaired) electrons. The molecule has 1 fully saturated rings. The molecule has 1 aliphatic carbocycles. The molecule has 0 saturated heterocycles. The number of aliphatic hydroxyl groups excluding tert-OH is 1. The average molecular weight is 656 g/mol. The highest BCUT2D eigenvalue weighted by atomic mass is 19.4. The van der Waals surface area contributed by atoms with Crippen LogP contribution in [0.3, 0.4) is 0 Å². The molecule has 0 bridgehead atoms. The number of hydrogen-bond acceptors (Lipinski definition) is 7. The van der Waals surface area contributed by atoms with Crippen LogP contribution >= 0.6 is 0 Å². The first-order valence-electron chi connectivity index (χ1n) is 13.4. The van der Waals surface area contributed by atoms with Crippen LogP contribution in [0.4, 0.5) is 42.2 Å². The molecule has 244 valence electrons. The van der Waals surface area contributed by atoms with Crippen LogP contribution in [-0.2, 0) is 13.2 Å². The number of nitrogens with zero attached hydrogens (tertiary/aromatic N) is 3. The molecule has 2 aromatic heterocycles. The van der Waals surface area contributed by atoms with Gasteiger partial charge in [-0.15, -0.1) is 0 Å². The van der Waals surface area contributed by atoms with Crippen molar-refractivity contribution in [1.29, 1.82) is 0 Å². The van der Waals surface area contributed by atoms with Crippen LogP contribution in [0.1, 0.15) is 28.8 Å². The number of rotatable bonds is 10. The monoisotopic (exact) mass is 655 g/mol. The highest BCUT2D eigenvalue weighted by Crippen LogP contribution is 2.40. The second-order valence-electron chi connectivity index (χ2n) is 10.3. The molecular formula is C29H24F7N5O5. The Morgan fingerprint density at radius 2 is 1.70 bits per heavy atom. The van der Waals surface area contributed by atoms with Crippen LogP contribution in [0.15, 0.2) is 53.3 Å². The smallest absolute Gasteiger partial charge is 0.420 e. The topological polar surface area (TPSA) is 120 Å². The molecule has 0 atom stereocenters. The van der Waals surface area contributed by atoms with Gasteiger partial charge in [-0.1, -0.05) is 0 Å². The minimum atomic E-state index is -5.07. The summed E-state index contributed by atoms with van der Waals surface area (Å²) in [6.07, 6.45) is -4.07. The SMILES string of the molecule is COc1cc(F)c(-c2c(NC(=O)c3ccc(OC(F)F)cc3)c(=O)n(-c3nc(NC4(CO)CC4)ccc3C(F)(F)F)n2C)c(F)c1. The lowest BCUT2D eigenvalue weighted by Gasteiger charge is -2.19. The third kappa shape index (κ3) is 6.22. The Morgan fingerprint density at radius 1 is 1.07 bits per heavy atom. The zero-order valence-electron chi connectivity index (χ0n) is 23.9. The molecule has 10 nitrogen and oxygen atoms in total. The van der Waals surface area contributed by atoms with Crippen molar-refractivity contribution in [2.24, 2.45) is 7.05 Å². The van der Waals surface area contributed by atoms with Crippen LogP contribution < -0.4 is 25.7 Å². The highest BCUT2D eigenvalue weighted by molar-refractivity contribution is 6.06. The Bertz CT molecular complexity index is 1830. The average Bonchev–Trinajstić information content (AvgIpc) is 3.72. The Hall–Kier alpha value is -5.06. The van der Waals surface area contributed by atoms with Gasteiger partial charge in [-0.3, -0.25) is 14.3 Å². The quantitative estimate of drug-likeness (QED) is 0.198. The third-order valence-electron chi connectivity index (χ3n) is 7.27. The summed E-state index contributed by atoms with van der Waals surface area (Å²) in [4.78, 5) is 31.1. The van der Waals surface area contributed by atoms with Crippen LogP contribution in [-0.4, -0.2) is 51.2 Å². The first-order chi connectivity index (χ1) is 21.7. The van der Waals surface area contributed by atoms with E-state index in [1.54, 1.807) is 0 Å². The zero-order valence-corrected chi connectivity index (χ0v) is 23.9. The minimum Gasteiger partial charge on any atom is -0.497 e. The second kappa shape index (κ2) is 12.0. The summed E-state index contributed by atoms with van der Waals surface area (Å²) >= 11 is 0. The third-order valence-corrected chi connectivity index (χ3v) is 7.27. The van der Waals surface area contributed by atoms with Gasteiger partial charge < -0.3 is 25.2 Å². The van der Waals surface area contributed by atoms with Crippen molar-refractivity contribution >= 4 is 17.4 Å². The van der Waals surface area contributed by atoms with Crippen molar-refractivity contribution in [3.8, 4) is 28.6 Å². The van der Waals surface area contributed by atoms with E-state index in [0.717, 1.165) is 56.6 Å². The maximum atomic E-state index is 15.4. The van der Waals surface area contributed by atoms with E-state index >= 15 is 8.78 Å². The molecule has 2 aromatic carbocycles. The number of aromatic nitrogens is 3. The first kappa shape index (κ1) is 32.3. The molecule has 1 amide bonds. The van der Waals surface area contributed by atoms with Crippen LogP contribution in [0.5, 0.6) is 11.5 Å². The molecule has 1 saturated carbocycles. The fourth-order valence-electron chi connectivity index (χ4n) is 4.76. The van der Waals surface area contributed by atoms with E-state index in [-0.39, 0.29) is 29.5 Å². The molecule has 2 heterocycles. The van der Waals surface area contributed by atoms with Crippen molar-refractivity contribution in [3.63, 3.8) is 0 Å². The standard InChI is InChI=1S/C29H24F7N5O5/c1-40-23(21-18(30)11-16(45-2)12-19(21)31)22(38-25(43)14-3-5-15(6-4-14)46-27(32)33)26(44)41(40)24-17(29(34,35)36)7-8-20(37-24)39-28(13-42)9-10-28/h3-8,11-12,27,42H,9-10,13H2,1-2H3,(H,37,39)(H,38,43). The normalized spacial score (nSPS) is 13.9. The van der Waals surface area contributed by atoms with Gasteiger partial charge in [0, 0.05) is 24.7 Å². The first-order valence-corrected chi connectivity index (χ1v) is 13.4.